The van der Waals surface area contributed by atoms with Gasteiger partial charge >= 0.3 is 6.03 Å². The van der Waals surface area contributed by atoms with Crippen molar-refractivity contribution >= 4 is 11.9 Å². The quantitative estimate of drug-likeness (QED) is 0.843. The van der Waals surface area contributed by atoms with Crippen LogP contribution in [0.3, 0.4) is 0 Å². The van der Waals surface area contributed by atoms with E-state index < -0.39 is 23.3 Å². The fourth-order valence-corrected chi connectivity index (χ4v) is 3.45. The van der Waals surface area contributed by atoms with Crippen molar-refractivity contribution in [2.75, 3.05) is 6.61 Å². The molecule has 26 heavy (non-hydrogen) atoms. The number of nitrogens with one attached hydrogen (secondary N) is 1. The predicted octanol–water partition coefficient (Wildman–Crippen LogP) is 2.43. The summed E-state index contributed by atoms with van der Waals surface area (Å²) in [6.45, 7) is 0.0476. The molecule has 1 spiro atoms. The van der Waals surface area contributed by atoms with E-state index in [9.17, 15) is 14.0 Å². The summed E-state index contributed by atoms with van der Waals surface area (Å²) in [4.78, 5) is 26.6. The van der Waals surface area contributed by atoms with Gasteiger partial charge in [-0.2, -0.15) is 5.26 Å². The number of carbonyl (C=O) groups excluding carboxylic acids is 2. The monoisotopic (exact) mass is 351 g/mol. The first-order valence-electron chi connectivity index (χ1n) is 8.10. The van der Waals surface area contributed by atoms with Crippen molar-refractivity contribution in [2.45, 2.75) is 18.5 Å². The molecule has 1 N–H and O–H groups in total. The third-order valence-electron chi connectivity index (χ3n) is 4.76. The number of ether oxygens (including phenoxy) is 1. The van der Waals surface area contributed by atoms with E-state index >= 15 is 0 Å². The molecule has 7 heteroatoms. The fraction of sp³-hybridized carbons (Fsp3) is 0.211. The van der Waals surface area contributed by atoms with Crippen molar-refractivity contribution in [2.24, 2.45) is 0 Å². The van der Waals surface area contributed by atoms with E-state index in [1.165, 1.54) is 12.1 Å². The van der Waals surface area contributed by atoms with E-state index in [0.29, 0.717) is 17.7 Å². The van der Waals surface area contributed by atoms with Crippen molar-refractivity contribution in [1.29, 1.82) is 5.26 Å². The number of carbonyl (C=O) groups is 2. The van der Waals surface area contributed by atoms with Crippen LogP contribution in [0.15, 0.2) is 42.5 Å². The Morgan fingerprint density at radius 2 is 2.08 bits per heavy atom. The minimum absolute atomic E-state index is 0.116. The Labute approximate surface area is 148 Å². The Bertz CT molecular complexity index is 969. The summed E-state index contributed by atoms with van der Waals surface area (Å²) < 4.78 is 19.7. The van der Waals surface area contributed by atoms with Crippen molar-refractivity contribution in [3.8, 4) is 11.8 Å². The van der Waals surface area contributed by atoms with Crippen LogP contribution in [-0.4, -0.2) is 23.4 Å². The van der Waals surface area contributed by atoms with Gasteiger partial charge in [0.05, 0.1) is 24.8 Å². The Hall–Kier alpha value is -3.40. The first-order chi connectivity index (χ1) is 12.5. The predicted molar refractivity (Wildman–Crippen MR) is 88.4 cm³/mol. The van der Waals surface area contributed by atoms with Crippen LogP contribution in [0.25, 0.3) is 0 Å². The maximum Gasteiger partial charge on any atom is 0.325 e. The summed E-state index contributed by atoms with van der Waals surface area (Å²) in [6.07, 6.45) is 0.297. The molecule has 1 fully saturated rings. The number of rotatable bonds is 2. The molecule has 0 bridgehead atoms. The number of fused-ring (bicyclic) bond motifs is 2. The molecule has 2 aromatic rings. The molecule has 2 heterocycles. The van der Waals surface area contributed by atoms with Gasteiger partial charge in [-0.3, -0.25) is 9.69 Å². The van der Waals surface area contributed by atoms with Crippen LogP contribution >= 0.6 is 0 Å². The molecule has 0 unspecified atom stereocenters. The number of hydrogen-bond donors (Lipinski definition) is 1. The first kappa shape index (κ1) is 16.1. The smallest absolute Gasteiger partial charge is 0.325 e. The van der Waals surface area contributed by atoms with E-state index in [2.05, 4.69) is 5.32 Å². The zero-order valence-corrected chi connectivity index (χ0v) is 13.7. The van der Waals surface area contributed by atoms with Crippen LogP contribution in [0, 0.1) is 17.1 Å². The normalized spacial score (nSPS) is 21.2. The average molecular weight is 351 g/mol. The molecule has 0 aromatic heterocycles. The molecule has 4 rings (SSSR count). The van der Waals surface area contributed by atoms with E-state index in [-0.39, 0.29) is 24.3 Å². The van der Waals surface area contributed by atoms with Gasteiger partial charge < -0.3 is 10.1 Å². The Morgan fingerprint density at radius 3 is 2.88 bits per heavy atom. The second kappa shape index (κ2) is 5.85. The first-order valence-corrected chi connectivity index (χ1v) is 8.10. The van der Waals surface area contributed by atoms with Gasteiger partial charge in [-0.1, -0.05) is 18.2 Å². The van der Waals surface area contributed by atoms with Gasteiger partial charge in [-0.05, 0) is 24.3 Å². The summed E-state index contributed by atoms with van der Waals surface area (Å²) in [5.74, 6) is -0.468. The van der Waals surface area contributed by atoms with Crippen LogP contribution < -0.4 is 10.1 Å². The molecule has 0 aliphatic carbocycles. The summed E-state index contributed by atoms with van der Waals surface area (Å²) in [6, 6.07) is 12.2. The van der Waals surface area contributed by atoms with Crippen LogP contribution in [-0.2, 0) is 16.9 Å². The minimum atomic E-state index is -1.20. The number of benzene rings is 2. The Kier molecular flexibility index (Phi) is 3.62. The minimum Gasteiger partial charge on any atom is -0.493 e. The molecule has 0 saturated carbocycles. The maximum absolute atomic E-state index is 14.1. The van der Waals surface area contributed by atoms with Crippen LogP contribution in [0.2, 0.25) is 0 Å². The van der Waals surface area contributed by atoms with E-state index in [4.69, 9.17) is 10.00 Å². The second-order valence-electron chi connectivity index (χ2n) is 6.24. The molecule has 130 valence electrons. The Balaban J connectivity index is 1.71. The molecule has 3 amide bonds. The van der Waals surface area contributed by atoms with Gasteiger partial charge in [0.1, 0.15) is 11.6 Å². The Morgan fingerprint density at radius 1 is 1.27 bits per heavy atom. The van der Waals surface area contributed by atoms with Gasteiger partial charge in [0.2, 0.25) is 0 Å². The highest BCUT2D eigenvalue weighted by Gasteiger charge is 2.54. The molecule has 6 nitrogen and oxygen atoms in total. The molecule has 1 atom stereocenters. The van der Waals surface area contributed by atoms with E-state index in [1.807, 2.05) is 6.07 Å². The van der Waals surface area contributed by atoms with Gasteiger partial charge in [0.25, 0.3) is 5.91 Å². The molecule has 1 saturated heterocycles. The highest BCUT2D eigenvalue weighted by atomic mass is 19.1. The van der Waals surface area contributed by atoms with Gasteiger partial charge in [0.15, 0.2) is 5.54 Å². The third-order valence-corrected chi connectivity index (χ3v) is 4.76. The molecule has 0 radical (unpaired) electrons. The molecule has 2 aliphatic rings. The topological polar surface area (TPSA) is 82.4 Å². The lowest BCUT2D eigenvalue weighted by Crippen LogP contribution is -2.47. The number of hydrogen-bond acceptors (Lipinski definition) is 4. The van der Waals surface area contributed by atoms with Crippen LogP contribution in [0.5, 0.6) is 5.75 Å². The SMILES string of the molecule is N#Cc1ccc(F)c(CN2C(=O)N[C@]3(CCOc4ccccc43)C2=O)c1. The maximum atomic E-state index is 14.1. The summed E-state index contributed by atoms with van der Waals surface area (Å²) in [5, 5.41) is 11.7. The van der Waals surface area contributed by atoms with Crippen molar-refractivity contribution in [3.05, 3.63) is 65.0 Å². The second-order valence-corrected chi connectivity index (χ2v) is 6.24. The average Bonchev–Trinajstić information content (AvgIpc) is 2.88. The lowest BCUT2D eigenvalue weighted by Gasteiger charge is -2.33. The third kappa shape index (κ3) is 2.30. The zero-order chi connectivity index (χ0) is 18.3. The highest BCUT2D eigenvalue weighted by Crippen LogP contribution is 2.41. The van der Waals surface area contributed by atoms with Crippen molar-refractivity contribution in [3.63, 3.8) is 0 Å². The number of para-hydroxylation sites is 1. The van der Waals surface area contributed by atoms with Gasteiger partial charge in [-0.15, -0.1) is 0 Å². The number of amides is 3. The summed E-state index contributed by atoms with van der Waals surface area (Å²) in [5.41, 5.74) is -0.224. The summed E-state index contributed by atoms with van der Waals surface area (Å²) >= 11 is 0. The molecule has 2 aliphatic heterocycles. The van der Waals surface area contributed by atoms with Crippen LogP contribution in [0.1, 0.15) is 23.1 Å². The lowest BCUT2D eigenvalue weighted by atomic mass is 9.84. The number of halogens is 1. The number of nitriles is 1. The van der Waals surface area contributed by atoms with E-state index in [0.717, 1.165) is 11.0 Å². The van der Waals surface area contributed by atoms with Gasteiger partial charge in [0, 0.05) is 17.5 Å². The van der Waals surface area contributed by atoms with Gasteiger partial charge in [-0.25, -0.2) is 9.18 Å². The largest absolute Gasteiger partial charge is 0.493 e. The zero-order valence-electron chi connectivity index (χ0n) is 13.7. The van der Waals surface area contributed by atoms with E-state index in [1.54, 1.807) is 24.3 Å². The molecular formula is C19H14FN3O3. The number of nitrogens with zero attached hydrogens (tertiary/aromatic N) is 2. The lowest BCUT2D eigenvalue weighted by molar-refractivity contribution is -0.133. The van der Waals surface area contributed by atoms with Crippen molar-refractivity contribution < 1.29 is 18.7 Å². The standard InChI is InChI=1S/C19H14FN3O3/c20-15-6-5-12(10-21)9-13(15)11-23-17(24)19(22-18(23)25)7-8-26-16-4-2-1-3-14(16)19/h1-6,9H,7-8,11H2,(H,22,25)/t19-/m0/s1. The van der Waals surface area contributed by atoms with Crippen molar-refractivity contribution in [1.82, 2.24) is 10.2 Å². The number of urea groups is 1. The highest BCUT2D eigenvalue weighted by molar-refractivity contribution is 6.07. The molecule has 2 aromatic carbocycles. The summed E-state index contributed by atoms with van der Waals surface area (Å²) in [7, 11) is 0. The fourth-order valence-electron chi connectivity index (χ4n) is 3.45. The number of imide groups is 1. The molecular weight excluding hydrogens is 337 g/mol. The van der Waals surface area contributed by atoms with Crippen LogP contribution in [0.4, 0.5) is 9.18 Å².